The summed E-state index contributed by atoms with van der Waals surface area (Å²) in [6, 6.07) is 2.90. The van der Waals surface area contributed by atoms with E-state index < -0.39 is 22.5 Å². The van der Waals surface area contributed by atoms with E-state index in [-0.39, 0.29) is 4.90 Å². The van der Waals surface area contributed by atoms with Crippen LogP contribution in [0.3, 0.4) is 0 Å². The van der Waals surface area contributed by atoms with Crippen LogP contribution in [0.1, 0.15) is 5.69 Å². The predicted octanol–water partition coefficient (Wildman–Crippen LogP) is -0.247. The van der Waals surface area contributed by atoms with Crippen molar-refractivity contribution in [3.8, 4) is 0 Å². The first-order chi connectivity index (χ1) is 6.92. The molecule has 0 aliphatic carbocycles. The van der Waals surface area contributed by atoms with Crippen LogP contribution in [0.2, 0.25) is 0 Å². The summed E-state index contributed by atoms with van der Waals surface area (Å²) in [5, 5.41) is 8.33. The third-order valence-corrected chi connectivity index (χ3v) is 2.99. The normalized spacial score (nSPS) is 11.3. The molecule has 0 spiro atoms. The van der Waals surface area contributed by atoms with Crippen molar-refractivity contribution >= 4 is 16.0 Å². The maximum absolute atomic E-state index is 11.4. The van der Waals surface area contributed by atoms with Crippen LogP contribution in [-0.2, 0) is 14.8 Å². The molecule has 1 aromatic heterocycles. The molecule has 7 heteroatoms. The molecule has 0 aromatic carbocycles. The number of rotatable bonds is 4. The fourth-order valence-corrected chi connectivity index (χ4v) is 1.77. The fraction of sp³-hybridized carbons (Fsp3) is 0.250. The molecule has 0 bridgehead atoms. The van der Waals surface area contributed by atoms with Gasteiger partial charge in [-0.3, -0.25) is 9.78 Å². The molecule has 0 aliphatic rings. The molecule has 1 rings (SSSR count). The third kappa shape index (κ3) is 3.30. The van der Waals surface area contributed by atoms with Gasteiger partial charge in [0.15, 0.2) is 0 Å². The second-order valence-electron chi connectivity index (χ2n) is 2.85. The van der Waals surface area contributed by atoms with Crippen molar-refractivity contribution in [2.45, 2.75) is 11.8 Å². The van der Waals surface area contributed by atoms with Gasteiger partial charge in [-0.1, -0.05) is 0 Å². The second kappa shape index (κ2) is 4.37. The lowest BCUT2D eigenvalue weighted by molar-refractivity contribution is -0.135. The van der Waals surface area contributed by atoms with Crippen LogP contribution in [0.4, 0.5) is 0 Å². The second-order valence-corrected chi connectivity index (χ2v) is 4.62. The number of hydrogen-bond donors (Lipinski definition) is 2. The Bertz CT molecular complexity index is 452. The van der Waals surface area contributed by atoms with Crippen molar-refractivity contribution in [2.75, 3.05) is 6.54 Å². The van der Waals surface area contributed by atoms with Crippen molar-refractivity contribution < 1.29 is 18.3 Å². The number of pyridine rings is 1. The zero-order chi connectivity index (χ0) is 11.5. The topological polar surface area (TPSA) is 96.4 Å². The summed E-state index contributed by atoms with van der Waals surface area (Å²) in [5.74, 6) is -1.24. The van der Waals surface area contributed by atoms with Gasteiger partial charge in [-0.2, -0.15) is 4.72 Å². The van der Waals surface area contributed by atoms with Crippen molar-refractivity contribution in [3.63, 3.8) is 0 Å². The van der Waals surface area contributed by atoms with Gasteiger partial charge in [-0.25, -0.2) is 8.42 Å². The molecule has 6 nitrogen and oxygen atoms in total. The summed E-state index contributed by atoms with van der Waals surface area (Å²) in [7, 11) is -3.77. The number of aromatic nitrogens is 1. The fourth-order valence-electron chi connectivity index (χ4n) is 0.853. The number of carbonyl (C=O) groups is 1. The predicted molar refractivity (Wildman–Crippen MR) is 51.8 cm³/mol. The summed E-state index contributed by atoms with van der Waals surface area (Å²) in [4.78, 5) is 13.9. The van der Waals surface area contributed by atoms with Gasteiger partial charge in [0.1, 0.15) is 11.4 Å². The largest absolute Gasteiger partial charge is 0.480 e. The number of carboxylic acid groups (broad SMARTS) is 1. The number of sulfonamides is 1. The van der Waals surface area contributed by atoms with Gasteiger partial charge >= 0.3 is 5.97 Å². The van der Waals surface area contributed by atoms with Gasteiger partial charge in [0.2, 0.25) is 10.0 Å². The minimum atomic E-state index is -3.77. The Balaban J connectivity index is 2.87. The molecule has 15 heavy (non-hydrogen) atoms. The van der Waals surface area contributed by atoms with E-state index in [1.165, 1.54) is 18.3 Å². The van der Waals surface area contributed by atoms with E-state index >= 15 is 0 Å². The minimum absolute atomic E-state index is 0.0469. The Morgan fingerprint density at radius 3 is 2.67 bits per heavy atom. The Morgan fingerprint density at radius 2 is 2.20 bits per heavy atom. The zero-order valence-electron chi connectivity index (χ0n) is 7.97. The number of nitrogens with one attached hydrogen (secondary N) is 1. The molecule has 0 amide bonds. The van der Waals surface area contributed by atoms with Gasteiger partial charge in [0.25, 0.3) is 0 Å². The molecule has 0 atom stereocenters. The Morgan fingerprint density at radius 1 is 1.53 bits per heavy atom. The highest BCUT2D eigenvalue weighted by Crippen LogP contribution is 2.06. The van der Waals surface area contributed by atoms with Crippen LogP contribution in [0, 0.1) is 6.92 Å². The lowest BCUT2D eigenvalue weighted by Gasteiger charge is -2.03. The van der Waals surface area contributed by atoms with E-state index in [4.69, 9.17) is 5.11 Å². The highest BCUT2D eigenvalue weighted by atomic mass is 32.2. The van der Waals surface area contributed by atoms with Crippen molar-refractivity contribution in [2.24, 2.45) is 0 Å². The molecule has 0 saturated carbocycles. The maximum atomic E-state index is 11.4. The maximum Gasteiger partial charge on any atom is 0.318 e. The van der Waals surface area contributed by atoms with Gasteiger partial charge < -0.3 is 5.11 Å². The van der Waals surface area contributed by atoms with E-state index in [1.807, 2.05) is 4.72 Å². The molecule has 1 aromatic rings. The standard InChI is InChI=1S/C8H10N2O4S/c1-6-2-3-7(4-9-6)15(13,14)10-5-8(11)12/h2-4,10H,5H2,1H3,(H,11,12). The van der Waals surface area contributed by atoms with Crippen LogP contribution in [-0.4, -0.2) is 31.0 Å². The number of aryl methyl sites for hydroxylation is 1. The lowest BCUT2D eigenvalue weighted by Crippen LogP contribution is -2.29. The molecule has 2 N–H and O–H groups in total. The molecular weight excluding hydrogens is 220 g/mol. The van der Waals surface area contributed by atoms with Crippen molar-refractivity contribution in [1.82, 2.24) is 9.71 Å². The molecule has 0 unspecified atom stereocenters. The van der Waals surface area contributed by atoms with Crippen molar-refractivity contribution in [1.29, 1.82) is 0 Å². The van der Waals surface area contributed by atoms with Crippen LogP contribution in [0.5, 0.6) is 0 Å². The highest BCUT2D eigenvalue weighted by molar-refractivity contribution is 7.89. The molecule has 0 radical (unpaired) electrons. The van der Waals surface area contributed by atoms with Crippen LogP contribution in [0.25, 0.3) is 0 Å². The Hall–Kier alpha value is -1.47. The molecule has 0 saturated heterocycles. The molecular formula is C8H10N2O4S. The zero-order valence-corrected chi connectivity index (χ0v) is 8.78. The van der Waals surface area contributed by atoms with E-state index in [0.29, 0.717) is 5.69 Å². The van der Waals surface area contributed by atoms with E-state index in [1.54, 1.807) is 6.92 Å². The summed E-state index contributed by atoms with van der Waals surface area (Å²) in [6.45, 7) is 1.08. The Labute approximate surface area is 87.0 Å². The lowest BCUT2D eigenvalue weighted by atomic mass is 10.4. The summed E-state index contributed by atoms with van der Waals surface area (Å²) >= 11 is 0. The first kappa shape index (κ1) is 11.6. The Kier molecular flexibility index (Phi) is 3.38. The minimum Gasteiger partial charge on any atom is -0.480 e. The summed E-state index contributed by atoms with van der Waals surface area (Å²) < 4.78 is 24.8. The van der Waals surface area contributed by atoms with Gasteiger partial charge in [0.05, 0.1) is 0 Å². The average molecular weight is 230 g/mol. The first-order valence-electron chi connectivity index (χ1n) is 4.06. The first-order valence-corrected chi connectivity index (χ1v) is 5.54. The third-order valence-electron chi connectivity index (χ3n) is 1.61. The quantitative estimate of drug-likeness (QED) is 0.743. The van der Waals surface area contributed by atoms with E-state index in [0.717, 1.165) is 0 Å². The highest BCUT2D eigenvalue weighted by Gasteiger charge is 2.14. The van der Waals surface area contributed by atoms with Crippen LogP contribution in [0.15, 0.2) is 23.2 Å². The number of nitrogens with zero attached hydrogens (tertiary/aromatic N) is 1. The van der Waals surface area contributed by atoms with E-state index in [9.17, 15) is 13.2 Å². The number of hydrogen-bond acceptors (Lipinski definition) is 4. The summed E-state index contributed by atoms with van der Waals surface area (Å²) in [6.07, 6.45) is 1.18. The number of aliphatic carboxylic acids is 1. The van der Waals surface area contributed by atoms with Crippen LogP contribution >= 0.6 is 0 Å². The SMILES string of the molecule is Cc1ccc(S(=O)(=O)NCC(=O)O)cn1. The average Bonchev–Trinajstić information content (AvgIpc) is 2.16. The van der Waals surface area contributed by atoms with Gasteiger partial charge in [0, 0.05) is 11.9 Å². The smallest absolute Gasteiger partial charge is 0.318 e. The van der Waals surface area contributed by atoms with E-state index in [2.05, 4.69) is 4.98 Å². The monoisotopic (exact) mass is 230 g/mol. The molecule has 1 heterocycles. The number of carboxylic acids is 1. The van der Waals surface area contributed by atoms with Gasteiger partial charge in [-0.05, 0) is 19.1 Å². The van der Waals surface area contributed by atoms with Crippen molar-refractivity contribution in [3.05, 3.63) is 24.0 Å². The van der Waals surface area contributed by atoms with Crippen LogP contribution < -0.4 is 4.72 Å². The molecule has 82 valence electrons. The molecule has 0 aliphatic heterocycles. The van der Waals surface area contributed by atoms with Gasteiger partial charge in [-0.15, -0.1) is 0 Å². The summed E-state index contributed by atoms with van der Waals surface area (Å²) in [5.41, 5.74) is 0.687. The molecule has 0 fully saturated rings.